The maximum atomic E-state index is 13.9. The van der Waals surface area contributed by atoms with E-state index in [1.54, 1.807) is 54.8 Å². The first-order valence-corrected chi connectivity index (χ1v) is 36.2. The number of ether oxygens (including phenoxy) is 9. The van der Waals surface area contributed by atoms with Gasteiger partial charge in [0.05, 0.1) is 114 Å². The Morgan fingerprint density at radius 2 is 0.893 bits per heavy atom. The van der Waals surface area contributed by atoms with Gasteiger partial charge < -0.3 is 57.3 Å². The minimum Gasteiger partial charge on any atom is -0.493 e. The van der Waals surface area contributed by atoms with Crippen molar-refractivity contribution in [3.8, 4) is 52.7 Å². The van der Waals surface area contributed by atoms with Crippen molar-refractivity contribution in [3.05, 3.63) is 176 Å². The Hall–Kier alpha value is -9.12. The quantitative estimate of drug-likeness (QED) is 0.0257. The van der Waals surface area contributed by atoms with Crippen LogP contribution in [0.2, 0.25) is 0 Å². The van der Waals surface area contributed by atoms with E-state index in [2.05, 4.69) is 93.9 Å². The van der Waals surface area contributed by atoms with E-state index in [-0.39, 0.29) is 29.9 Å². The number of likely N-dealkylation sites (N-methyl/N-ethyl adjacent to an activating group) is 3. The molecule has 6 rings (SSSR count). The molecule has 5 atom stereocenters. The van der Waals surface area contributed by atoms with Gasteiger partial charge in [0.15, 0.2) is 34.5 Å². The fraction of sp³-hybridized carbons (Fsp3) is 0.506. The van der Waals surface area contributed by atoms with Gasteiger partial charge in [0.1, 0.15) is 0 Å². The number of benzene rings is 6. The summed E-state index contributed by atoms with van der Waals surface area (Å²) < 4.78 is 51.6. The Balaban J connectivity index is 1.39. The largest absolute Gasteiger partial charge is 0.493 e. The normalized spacial score (nSPS) is 13.7. The summed E-state index contributed by atoms with van der Waals surface area (Å²) in [5.74, 6) is 1.12. The molecule has 0 aliphatic rings. The van der Waals surface area contributed by atoms with Crippen LogP contribution in [-0.2, 0) is 62.6 Å². The SMILES string of the molecule is CCCOC(=O)c1cccc(CCN(C)CCCC(C#N)(c2ccc(OC)c(OC)c2)C(C)Cc2cc(C(C#N)(CCCN(C)CCc3cccc(C(=O)OC(C)C)c3)C(C)Cc3cc(C(=O)OC)cc(C(C#N)(CCCN(C)CCc4ccc(OC)c(OC)c4)C(C)C)c3)cc(OC)c2OC)c1. The highest BCUT2D eigenvalue weighted by atomic mass is 16.5. The molecule has 0 aromatic heterocycles. The molecule has 6 aromatic rings. The summed E-state index contributed by atoms with van der Waals surface area (Å²) in [6.45, 7) is 18.5. The van der Waals surface area contributed by atoms with Crippen molar-refractivity contribution in [2.75, 3.05) is 117 Å². The first-order chi connectivity index (χ1) is 49.4. The third-order valence-electron chi connectivity index (χ3n) is 20.5. The summed E-state index contributed by atoms with van der Waals surface area (Å²) in [4.78, 5) is 46.3. The number of hydrogen-bond donors (Lipinski definition) is 0. The molecule has 0 aliphatic heterocycles. The van der Waals surface area contributed by atoms with Crippen LogP contribution < -0.4 is 28.4 Å². The van der Waals surface area contributed by atoms with E-state index in [1.165, 1.54) is 7.11 Å². The molecule has 0 N–H and O–H groups in total. The Morgan fingerprint density at radius 3 is 1.38 bits per heavy atom. The molecule has 0 radical (unpaired) electrons. The third-order valence-corrected chi connectivity index (χ3v) is 20.5. The molecule has 0 spiro atoms. The van der Waals surface area contributed by atoms with E-state index < -0.39 is 28.1 Å². The lowest BCUT2D eigenvalue weighted by atomic mass is 9.65. The minimum atomic E-state index is -1.21. The van der Waals surface area contributed by atoms with Gasteiger partial charge in [-0.1, -0.05) is 83.1 Å². The molecule has 0 aliphatic carbocycles. The lowest BCUT2D eigenvalue weighted by molar-refractivity contribution is 0.0376. The van der Waals surface area contributed by atoms with Crippen LogP contribution in [0.3, 0.4) is 0 Å². The predicted octanol–water partition coefficient (Wildman–Crippen LogP) is 15.2. The first kappa shape index (κ1) is 82.8. The summed E-state index contributed by atoms with van der Waals surface area (Å²) in [6, 6.07) is 45.0. The number of esters is 3. The van der Waals surface area contributed by atoms with Crippen LogP contribution in [-0.4, -0.2) is 155 Å². The lowest BCUT2D eigenvalue weighted by Gasteiger charge is -2.37. The van der Waals surface area contributed by atoms with Crippen LogP contribution in [0.1, 0.15) is 169 Å². The van der Waals surface area contributed by atoms with Gasteiger partial charge in [-0.2, -0.15) is 15.8 Å². The Bertz CT molecular complexity index is 3890. The molecule has 103 heavy (non-hydrogen) atoms. The molecule has 6 aromatic carbocycles. The van der Waals surface area contributed by atoms with E-state index in [0.717, 1.165) is 59.3 Å². The summed E-state index contributed by atoms with van der Waals surface area (Å²) in [5.41, 5.74) is 4.91. The average Bonchev–Trinajstić information content (AvgIpc) is 0.764. The molecular formula is C85H112N6O12. The van der Waals surface area contributed by atoms with Gasteiger partial charge in [-0.3, -0.25) is 0 Å². The number of carbonyl (C=O) groups excluding carboxylic acids is 3. The summed E-state index contributed by atoms with van der Waals surface area (Å²) in [7, 11) is 17.2. The fourth-order valence-corrected chi connectivity index (χ4v) is 14.2. The van der Waals surface area contributed by atoms with Gasteiger partial charge in [-0.05, 0) is 261 Å². The second-order valence-electron chi connectivity index (χ2n) is 28.1. The number of carbonyl (C=O) groups is 3. The fourth-order valence-electron chi connectivity index (χ4n) is 14.2. The van der Waals surface area contributed by atoms with Gasteiger partial charge in [0.2, 0.25) is 0 Å². The van der Waals surface area contributed by atoms with Crippen molar-refractivity contribution in [2.45, 2.75) is 148 Å². The Kier molecular flexibility index (Phi) is 32.2. The van der Waals surface area contributed by atoms with Crippen LogP contribution in [0.4, 0.5) is 0 Å². The van der Waals surface area contributed by atoms with Crippen molar-refractivity contribution in [1.82, 2.24) is 14.7 Å². The molecule has 18 nitrogen and oxygen atoms in total. The second kappa shape index (κ2) is 40.1. The highest BCUT2D eigenvalue weighted by Crippen LogP contribution is 2.48. The van der Waals surface area contributed by atoms with Gasteiger partial charge in [0, 0.05) is 19.6 Å². The van der Waals surface area contributed by atoms with E-state index in [4.69, 9.17) is 42.6 Å². The molecule has 0 fully saturated rings. The summed E-state index contributed by atoms with van der Waals surface area (Å²) in [6.07, 6.45) is 6.68. The van der Waals surface area contributed by atoms with Gasteiger partial charge in [-0.25, -0.2) is 14.4 Å². The molecule has 0 amide bonds. The van der Waals surface area contributed by atoms with Crippen LogP contribution in [0, 0.1) is 51.7 Å². The van der Waals surface area contributed by atoms with Crippen molar-refractivity contribution in [2.24, 2.45) is 17.8 Å². The van der Waals surface area contributed by atoms with Crippen LogP contribution in [0.25, 0.3) is 0 Å². The molecule has 554 valence electrons. The lowest BCUT2D eigenvalue weighted by Crippen LogP contribution is -2.36. The van der Waals surface area contributed by atoms with Crippen molar-refractivity contribution in [3.63, 3.8) is 0 Å². The standard InChI is InChI=1S/C85H112N6O12/c1-18-44-102-81(93)67-26-19-24-63(47-67)32-41-90(9)39-22-36-84(57-87,71-29-31-75(96-12)77(54-71)98-14)62(7)46-69-52-73(55-78(99-15)79(69)100-16)85(58-88,37-23-40-91(10)42-33-64-25-20-27-68(48-64)82(94)103-60(4)5)61(6)45-66-49-70(80(92)101-17)53-72(50-66)83(56-86,59(2)3)35-21-38-89(8)43-34-65-28-30-74(95-11)76(51-65)97-13/h19-20,24-31,47-55,59-62H,18,21-23,32-46H2,1-17H3. The van der Waals surface area contributed by atoms with Crippen LogP contribution >= 0.6 is 0 Å². The van der Waals surface area contributed by atoms with Crippen molar-refractivity contribution in [1.29, 1.82) is 15.8 Å². The highest BCUT2D eigenvalue weighted by molar-refractivity contribution is 5.91. The molecule has 5 unspecified atom stereocenters. The zero-order valence-corrected chi connectivity index (χ0v) is 64.3. The average molecular weight is 1410 g/mol. The van der Waals surface area contributed by atoms with Crippen molar-refractivity contribution < 1.29 is 57.0 Å². The Morgan fingerprint density at radius 1 is 0.437 bits per heavy atom. The summed E-state index contributed by atoms with van der Waals surface area (Å²) in [5, 5.41) is 35.6. The number of nitrogens with zero attached hydrogens (tertiary/aromatic N) is 6. The molecule has 18 heteroatoms. The zero-order valence-electron chi connectivity index (χ0n) is 64.3. The van der Waals surface area contributed by atoms with Crippen LogP contribution in [0.15, 0.2) is 115 Å². The van der Waals surface area contributed by atoms with Gasteiger partial charge >= 0.3 is 17.9 Å². The monoisotopic (exact) mass is 1410 g/mol. The number of nitriles is 3. The maximum absolute atomic E-state index is 13.9. The van der Waals surface area contributed by atoms with E-state index in [0.29, 0.717) is 159 Å². The third kappa shape index (κ3) is 21.7. The smallest absolute Gasteiger partial charge is 0.338 e. The predicted molar refractivity (Wildman–Crippen MR) is 404 cm³/mol. The number of rotatable bonds is 43. The minimum absolute atomic E-state index is 0.154. The van der Waals surface area contributed by atoms with Crippen LogP contribution in [0.5, 0.6) is 34.5 Å². The van der Waals surface area contributed by atoms with E-state index in [1.807, 2.05) is 112 Å². The van der Waals surface area contributed by atoms with Gasteiger partial charge in [-0.15, -0.1) is 0 Å². The zero-order chi connectivity index (χ0) is 75.4. The van der Waals surface area contributed by atoms with E-state index in [9.17, 15) is 30.2 Å². The Labute approximate surface area is 614 Å². The molecule has 0 heterocycles. The number of methoxy groups -OCH3 is 7. The van der Waals surface area contributed by atoms with Crippen molar-refractivity contribution >= 4 is 17.9 Å². The highest BCUT2D eigenvalue weighted by Gasteiger charge is 2.43. The summed E-state index contributed by atoms with van der Waals surface area (Å²) >= 11 is 0. The molecule has 0 bridgehead atoms. The van der Waals surface area contributed by atoms with Gasteiger partial charge in [0.25, 0.3) is 0 Å². The maximum Gasteiger partial charge on any atom is 0.338 e. The second-order valence-corrected chi connectivity index (χ2v) is 28.1. The topological polar surface area (TPSA) is 215 Å². The molecule has 0 saturated carbocycles. The first-order valence-electron chi connectivity index (χ1n) is 36.2. The van der Waals surface area contributed by atoms with E-state index >= 15 is 0 Å². The molecular weight excluding hydrogens is 1300 g/mol. The number of hydrogen-bond acceptors (Lipinski definition) is 18. The molecule has 0 saturated heterocycles.